The summed E-state index contributed by atoms with van der Waals surface area (Å²) in [5.74, 6) is 0. The van der Waals surface area contributed by atoms with Crippen molar-refractivity contribution >= 4 is 6.79 Å². The Kier molecular flexibility index (Phi) is 20.5. The topological polar surface area (TPSA) is 43.1 Å². The van der Waals surface area contributed by atoms with Gasteiger partial charge >= 0.3 is 0 Å². The van der Waals surface area contributed by atoms with Crippen LogP contribution in [0.15, 0.2) is 0 Å². The van der Waals surface area contributed by atoms with Gasteiger partial charge in [-0.15, -0.1) is 0 Å². The van der Waals surface area contributed by atoms with Gasteiger partial charge < -0.3 is 10.5 Å². The zero-order valence-corrected chi connectivity index (χ0v) is 9.06. The second kappa shape index (κ2) is 17.6. The van der Waals surface area contributed by atoms with Gasteiger partial charge in [-0.3, -0.25) is 0 Å². The molecule has 0 saturated heterocycles. The van der Waals surface area contributed by atoms with Crippen molar-refractivity contribution in [1.29, 1.82) is 0 Å². The average Bonchev–Trinajstić information content (AvgIpc) is 2.20. The predicted molar refractivity (Wildman–Crippen MR) is 58.8 cm³/mol. The van der Waals surface area contributed by atoms with Crippen molar-refractivity contribution in [2.24, 2.45) is 5.73 Å². The molecule has 0 aliphatic carbocycles. The zero-order chi connectivity index (χ0) is 10.4. The van der Waals surface area contributed by atoms with Gasteiger partial charge in [0.15, 0.2) is 0 Å². The minimum absolute atomic E-state index is 0.870. The molecule has 0 rings (SSSR count). The van der Waals surface area contributed by atoms with Crippen LogP contribution in [0.25, 0.3) is 0 Å². The van der Waals surface area contributed by atoms with E-state index in [0.29, 0.717) is 0 Å². The first-order chi connectivity index (χ1) is 6.41. The van der Waals surface area contributed by atoms with Crippen LogP contribution in [0.2, 0.25) is 0 Å². The molecule has 0 fully saturated rings. The van der Waals surface area contributed by atoms with E-state index in [0.717, 1.165) is 6.54 Å². The molecule has 0 radical (unpaired) electrons. The summed E-state index contributed by atoms with van der Waals surface area (Å²) in [7, 11) is 0. The first-order valence-corrected chi connectivity index (χ1v) is 5.40. The smallest absolute Gasteiger partial charge is 0.106 e. The number of carbonyl (C=O) groups excluding carboxylic acids is 1. The summed E-state index contributed by atoms with van der Waals surface area (Å²) in [4.78, 5) is 8.00. The third kappa shape index (κ3) is 18.5. The molecule has 2 nitrogen and oxygen atoms in total. The average molecular weight is 187 g/mol. The van der Waals surface area contributed by atoms with Gasteiger partial charge in [0, 0.05) is 0 Å². The van der Waals surface area contributed by atoms with E-state index in [-0.39, 0.29) is 0 Å². The Morgan fingerprint density at radius 2 is 1.23 bits per heavy atom. The van der Waals surface area contributed by atoms with Crippen LogP contribution in [0, 0.1) is 0 Å². The molecule has 13 heavy (non-hydrogen) atoms. The maximum atomic E-state index is 8.00. The molecule has 0 aromatic carbocycles. The number of rotatable bonds is 8. The summed E-state index contributed by atoms with van der Waals surface area (Å²) in [5.41, 5.74) is 5.39. The number of hydrogen-bond donors (Lipinski definition) is 1. The van der Waals surface area contributed by atoms with Crippen molar-refractivity contribution in [3.05, 3.63) is 0 Å². The van der Waals surface area contributed by atoms with Crippen LogP contribution in [0.1, 0.15) is 58.3 Å². The highest BCUT2D eigenvalue weighted by Gasteiger charge is 1.89. The second-order valence-electron chi connectivity index (χ2n) is 3.26. The summed E-state index contributed by atoms with van der Waals surface area (Å²) >= 11 is 0. The fraction of sp³-hybridized carbons (Fsp3) is 0.909. The number of unbranched alkanes of at least 4 members (excludes halogenated alkanes) is 7. The zero-order valence-electron chi connectivity index (χ0n) is 9.06. The molecule has 2 N–H and O–H groups in total. The van der Waals surface area contributed by atoms with Crippen molar-refractivity contribution in [1.82, 2.24) is 0 Å². The molecule has 0 aliphatic rings. The van der Waals surface area contributed by atoms with E-state index >= 15 is 0 Å². The molecule has 0 aliphatic heterocycles. The monoisotopic (exact) mass is 187 g/mol. The molecule has 0 unspecified atom stereocenters. The maximum absolute atomic E-state index is 8.00. The highest BCUT2D eigenvalue weighted by molar-refractivity contribution is 5.10. The third-order valence-corrected chi connectivity index (χ3v) is 2.06. The summed E-state index contributed by atoms with van der Waals surface area (Å²) in [6.45, 7) is 5.13. The Balaban J connectivity index is 0. The normalized spacial score (nSPS) is 9.08. The van der Waals surface area contributed by atoms with Gasteiger partial charge in [-0.05, 0) is 13.0 Å². The Labute approximate surface area is 82.9 Å². The Hall–Kier alpha value is -0.370. The lowest BCUT2D eigenvalue weighted by Gasteiger charge is -1.99. The van der Waals surface area contributed by atoms with Crippen LogP contribution in [-0.4, -0.2) is 13.3 Å². The van der Waals surface area contributed by atoms with Crippen LogP contribution in [0.4, 0.5) is 0 Å². The molecule has 2 heteroatoms. The SMILES string of the molecule is C=O.CCCCCCCCCCN. The summed E-state index contributed by atoms with van der Waals surface area (Å²) in [5, 5.41) is 0. The van der Waals surface area contributed by atoms with E-state index in [2.05, 4.69) is 6.92 Å². The van der Waals surface area contributed by atoms with Crippen molar-refractivity contribution in [3.63, 3.8) is 0 Å². The predicted octanol–water partition coefficient (Wildman–Crippen LogP) is 2.90. The van der Waals surface area contributed by atoms with Crippen molar-refractivity contribution < 1.29 is 4.79 Å². The van der Waals surface area contributed by atoms with Crippen LogP contribution in [0.5, 0.6) is 0 Å². The minimum Gasteiger partial charge on any atom is -0.330 e. The molecule has 0 aromatic rings. The maximum Gasteiger partial charge on any atom is 0.106 e. The van der Waals surface area contributed by atoms with Gasteiger partial charge in [0.2, 0.25) is 0 Å². The van der Waals surface area contributed by atoms with E-state index in [1.165, 1.54) is 51.4 Å². The molecule has 0 atom stereocenters. The van der Waals surface area contributed by atoms with Crippen molar-refractivity contribution in [2.45, 2.75) is 58.3 Å². The second-order valence-corrected chi connectivity index (χ2v) is 3.26. The number of hydrogen-bond acceptors (Lipinski definition) is 2. The van der Waals surface area contributed by atoms with Crippen molar-refractivity contribution in [2.75, 3.05) is 6.54 Å². The van der Waals surface area contributed by atoms with Crippen LogP contribution in [0.3, 0.4) is 0 Å². The fourth-order valence-corrected chi connectivity index (χ4v) is 1.28. The molecule has 80 valence electrons. The molecule has 0 saturated carbocycles. The molecular weight excluding hydrogens is 162 g/mol. The lowest BCUT2D eigenvalue weighted by atomic mass is 10.1. The quantitative estimate of drug-likeness (QED) is 0.594. The largest absolute Gasteiger partial charge is 0.330 e. The molecule has 0 heterocycles. The minimum atomic E-state index is 0.870. The van der Waals surface area contributed by atoms with Gasteiger partial charge in [-0.1, -0.05) is 51.9 Å². The molecule has 0 spiro atoms. The van der Waals surface area contributed by atoms with Crippen LogP contribution < -0.4 is 5.73 Å². The van der Waals surface area contributed by atoms with E-state index in [1.807, 2.05) is 6.79 Å². The lowest BCUT2D eigenvalue weighted by Crippen LogP contribution is -1.97. The standard InChI is InChI=1S/C10H23N.CH2O/c1-2-3-4-5-6-7-8-9-10-11;1-2/h2-11H2,1H3;1H2. The molecule has 0 aromatic heterocycles. The van der Waals surface area contributed by atoms with Crippen LogP contribution >= 0.6 is 0 Å². The van der Waals surface area contributed by atoms with E-state index in [4.69, 9.17) is 10.5 Å². The first kappa shape index (κ1) is 15.1. The first-order valence-electron chi connectivity index (χ1n) is 5.40. The van der Waals surface area contributed by atoms with Gasteiger partial charge in [0.05, 0.1) is 0 Å². The van der Waals surface area contributed by atoms with Crippen molar-refractivity contribution in [3.8, 4) is 0 Å². The Morgan fingerprint density at radius 1 is 0.846 bits per heavy atom. The number of nitrogens with two attached hydrogens (primary N) is 1. The summed E-state index contributed by atoms with van der Waals surface area (Å²) < 4.78 is 0. The molecular formula is C11H25NO. The Morgan fingerprint density at radius 3 is 1.62 bits per heavy atom. The molecule has 0 bridgehead atoms. The lowest BCUT2D eigenvalue weighted by molar-refractivity contribution is -0.0979. The van der Waals surface area contributed by atoms with E-state index in [1.54, 1.807) is 0 Å². The van der Waals surface area contributed by atoms with Gasteiger partial charge in [0.25, 0.3) is 0 Å². The van der Waals surface area contributed by atoms with E-state index in [9.17, 15) is 0 Å². The fourth-order valence-electron chi connectivity index (χ4n) is 1.28. The Bertz CT molecular complexity index is 68.5. The summed E-state index contributed by atoms with van der Waals surface area (Å²) in [6.07, 6.45) is 11.0. The van der Waals surface area contributed by atoms with Gasteiger partial charge in [0.1, 0.15) is 6.79 Å². The highest BCUT2D eigenvalue weighted by Crippen LogP contribution is 2.07. The van der Waals surface area contributed by atoms with E-state index < -0.39 is 0 Å². The van der Waals surface area contributed by atoms with Gasteiger partial charge in [-0.25, -0.2) is 0 Å². The summed E-state index contributed by atoms with van der Waals surface area (Å²) in [6, 6.07) is 0. The molecule has 0 amide bonds. The highest BCUT2D eigenvalue weighted by atomic mass is 16.1. The van der Waals surface area contributed by atoms with Gasteiger partial charge in [-0.2, -0.15) is 0 Å². The van der Waals surface area contributed by atoms with Crippen LogP contribution in [-0.2, 0) is 4.79 Å². The third-order valence-electron chi connectivity index (χ3n) is 2.06. The number of carbonyl (C=O) groups is 1.